The first-order valence-corrected chi connectivity index (χ1v) is 7.99. The molecule has 2 N–H and O–H groups in total. The quantitative estimate of drug-likeness (QED) is 0.655. The van der Waals surface area contributed by atoms with E-state index in [1.807, 2.05) is 18.5 Å². The number of aliphatic imine (C=N–C) groups is 1. The van der Waals surface area contributed by atoms with Gasteiger partial charge in [-0.15, -0.1) is 10.2 Å². The largest absolute Gasteiger partial charge is 0.357 e. The first-order chi connectivity index (χ1) is 10.1. The monoisotopic (exact) mass is 292 g/mol. The number of hydrogen-bond acceptors (Lipinski definition) is 3. The Balaban J connectivity index is 1.97. The van der Waals surface area contributed by atoms with E-state index in [4.69, 9.17) is 0 Å². The van der Waals surface area contributed by atoms with Crippen LogP contribution in [-0.4, -0.2) is 33.3 Å². The second kappa shape index (κ2) is 7.43. The molecule has 0 spiro atoms. The zero-order valence-electron chi connectivity index (χ0n) is 13.7. The first kappa shape index (κ1) is 15.8. The number of nitrogens with zero attached hydrogens (tertiary/aromatic N) is 4. The van der Waals surface area contributed by atoms with Crippen LogP contribution in [0, 0.1) is 12.8 Å². The summed E-state index contributed by atoms with van der Waals surface area (Å²) in [7, 11) is 1.98. The van der Waals surface area contributed by atoms with E-state index in [0.717, 1.165) is 30.1 Å². The molecule has 1 fully saturated rings. The Morgan fingerprint density at radius 2 is 2.19 bits per heavy atom. The molecule has 6 nitrogen and oxygen atoms in total. The average molecular weight is 292 g/mol. The van der Waals surface area contributed by atoms with Crippen molar-refractivity contribution in [2.45, 2.75) is 59.0 Å². The second-order valence-corrected chi connectivity index (χ2v) is 6.03. The molecule has 0 amide bonds. The Morgan fingerprint density at radius 1 is 1.38 bits per heavy atom. The molecule has 0 bridgehead atoms. The Kier molecular flexibility index (Phi) is 5.59. The van der Waals surface area contributed by atoms with Crippen molar-refractivity contribution in [3.63, 3.8) is 0 Å². The molecule has 0 aromatic carbocycles. The van der Waals surface area contributed by atoms with Crippen molar-refractivity contribution in [2.75, 3.05) is 6.54 Å². The number of nitrogens with one attached hydrogen (secondary N) is 2. The first-order valence-electron chi connectivity index (χ1n) is 7.99. The van der Waals surface area contributed by atoms with Gasteiger partial charge in [-0.1, -0.05) is 19.8 Å². The molecule has 21 heavy (non-hydrogen) atoms. The van der Waals surface area contributed by atoms with Crippen LogP contribution in [-0.2, 0) is 13.6 Å². The summed E-state index contributed by atoms with van der Waals surface area (Å²) in [6.45, 7) is 7.79. The molecule has 0 radical (unpaired) electrons. The van der Waals surface area contributed by atoms with Gasteiger partial charge in [0.15, 0.2) is 11.8 Å². The summed E-state index contributed by atoms with van der Waals surface area (Å²) in [5.74, 6) is 3.50. The fourth-order valence-electron chi connectivity index (χ4n) is 2.82. The lowest BCUT2D eigenvalue weighted by molar-refractivity contribution is 0.324. The second-order valence-electron chi connectivity index (χ2n) is 6.03. The summed E-state index contributed by atoms with van der Waals surface area (Å²) < 4.78 is 1.98. The van der Waals surface area contributed by atoms with Crippen molar-refractivity contribution in [3.8, 4) is 0 Å². The third-order valence-corrected chi connectivity index (χ3v) is 4.18. The Labute approximate surface area is 127 Å². The van der Waals surface area contributed by atoms with Crippen LogP contribution in [0.5, 0.6) is 0 Å². The van der Waals surface area contributed by atoms with Gasteiger partial charge in [0, 0.05) is 19.6 Å². The standard InChI is InChI=1S/C15H28N6/c1-5-16-15(18-13-8-6-7-11(2)9-13)17-10-14-20-19-12(3)21(14)4/h11,13H,5-10H2,1-4H3,(H2,16,17,18). The van der Waals surface area contributed by atoms with Gasteiger partial charge in [-0.05, 0) is 32.6 Å². The van der Waals surface area contributed by atoms with Crippen LogP contribution in [0.4, 0.5) is 0 Å². The highest BCUT2D eigenvalue weighted by molar-refractivity contribution is 5.80. The van der Waals surface area contributed by atoms with E-state index in [9.17, 15) is 0 Å². The van der Waals surface area contributed by atoms with Gasteiger partial charge >= 0.3 is 0 Å². The topological polar surface area (TPSA) is 67.1 Å². The highest BCUT2D eigenvalue weighted by Crippen LogP contribution is 2.23. The van der Waals surface area contributed by atoms with Gasteiger partial charge in [0.2, 0.25) is 0 Å². The molecule has 2 atom stereocenters. The Bertz CT molecular complexity index is 479. The SMILES string of the molecule is CCNC(=NCc1nnc(C)n1C)NC1CCCC(C)C1. The van der Waals surface area contributed by atoms with Gasteiger partial charge in [-0.3, -0.25) is 0 Å². The molecule has 1 aromatic heterocycles. The average Bonchev–Trinajstić information content (AvgIpc) is 2.77. The summed E-state index contributed by atoms with van der Waals surface area (Å²) in [5, 5.41) is 15.1. The minimum atomic E-state index is 0.535. The fourth-order valence-corrected chi connectivity index (χ4v) is 2.82. The zero-order valence-corrected chi connectivity index (χ0v) is 13.7. The maximum atomic E-state index is 4.65. The summed E-state index contributed by atoms with van der Waals surface area (Å²) in [5.41, 5.74) is 0. The third-order valence-electron chi connectivity index (χ3n) is 4.18. The molecule has 1 aliphatic carbocycles. The van der Waals surface area contributed by atoms with Gasteiger partial charge in [0.1, 0.15) is 12.4 Å². The smallest absolute Gasteiger partial charge is 0.191 e. The molecular weight excluding hydrogens is 264 g/mol. The maximum Gasteiger partial charge on any atom is 0.191 e. The Hall–Kier alpha value is -1.59. The fraction of sp³-hybridized carbons (Fsp3) is 0.800. The number of aromatic nitrogens is 3. The van der Waals surface area contributed by atoms with Gasteiger partial charge in [0.25, 0.3) is 0 Å². The molecule has 1 aliphatic rings. The Morgan fingerprint density at radius 3 is 2.81 bits per heavy atom. The van der Waals surface area contributed by atoms with Gasteiger partial charge in [-0.2, -0.15) is 0 Å². The summed E-state index contributed by atoms with van der Waals surface area (Å²) in [4.78, 5) is 4.65. The van der Waals surface area contributed by atoms with E-state index >= 15 is 0 Å². The lowest BCUT2D eigenvalue weighted by atomic mass is 9.87. The summed E-state index contributed by atoms with van der Waals surface area (Å²) >= 11 is 0. The normalized spacial score (nSPS) is 23.1. The highest BCUT2D eigenvalue weighted by atomic mass is 15.3. The number of guanidine groups is 1. The van der Waals surface area contributed by atoms with Gasteiger partial charge < -0.3 is 15.2 Å². The molecular formula is C15H28N6. The molecule has 1 heterocycles. The van der Waals surface area contributed by atoms with E-state index in [1.54, 1.807) is 0 Å². The highest BCUT2D eigenvalue weighted by Gasteiger charge is 2.19. The van der Waals surface area contributed by atoms with Crippen LogP contribution < -0.4 is 10.6 Å². The molecule has 1 aromatic rings. The maximum absolute atomic E-state index is 4.65. The van der Waals surface area contributed by atoms with Crippen LogP contribution >= 0.6 is 0 Å². The van der Waals surface area contributed by atoms with Crippen LogP contribution in [0.15, 0.2) is 4.99 Å². The molecule has 118 valence electrons. The van der Waals surface area contributed by atoms with Gasteiger partial charge in [0.05, 0.1) is 0 Å². The number of rotatable bonds is 4. The van der Waals surface area contributed by atoms with E-state index in [1.165, 1.54) is 25.7 Å². The van der Waals surface area contributed by atoms with E-state index in [-0.39, 0.29) is 0 Å². The lowest BCUT2D eigenvalue weighted by Crippen LogP contribution is -2.45. The minimum Gasteiger partial charge on any atom is -0.357 e. The molecule has 2 rings (SSSR count). The third kappa shape index (κ3) is 4.44. The minimum absolute atomic E-state index is 0.535. The van der Waals surface area contributed by atoms with E-state index in [2.05, 4.69) is 39.7 Å². The van der Waals surface area contributed by atoms with Crippen molar-refractivity contribution in [1.82, 2.24) is 25.4 Å². The molecule has 0 saturated heterocycles. The van der Waals surface area contributed by atoms with Crippen LogP contribution in [0.3, 0.4) is 0 Å². The molecule has 2 unspecified atom stereocenters. The molecule has 0 aliphatic heterocycles. The predicted octanol–water partition coefficient (Wildman–Crippen LogP) is 1.76. The number of aryl methyl sites for hydroxylation is 1. The van der Waals surface area contributed by atoms with Crippen molar-refractivity contribution in [2.24, 2.45) is 18.0 Å². The number of hydrogen-bond donors (Lipinski definition) is 2. The van der Waals surface area contributed by atoms with Crippen LogP contribution in [0.2, 0.25) is 0 Å². The van der Waals surface area contributed by atoms with Crippen molar-refractivity contribution < 1.29 is 0 Å². The van der Waals surface area contributed by atoms with E-state index < -0.39 is 0 Å². The van der Waals surface area contributed by atoms with Crippen LogP contribution in [0.25, 0.3) is 0 Å². The molecule has 1 saturated carbocycles. The summed E-state index contributed by atoms with van der Waals surface area (Å²) in [6.07, 6.45) is 5.12. The zero-order chi connectivity index (χ0) is 15.2. The van der Waals surface area contributed by atoms with Crippen molar-refractivity contribution in [3.05, 3.63) is 11.6 Å². The van der Waals surface area contributed by atoms with Crippen molar-refractivity contribution >= 4 is 5.96 Å². The van der Waals surface area contributed by atoms with Crippen LogP contribution in [0.1, 0.15) is 51.2 Å². The predicted molar refractivity (Wildman–Crippen MR) is 85.1 cm³/mol. The van der Waals surface area contributed by atoms with Crippen molar-refractivity contribution in [1.29, 1.82) is 0 Å². The summed E-state index contributed by atoms with van der Waals surface area (Å²) in [6, 6.07) is 0.535. The molecule has 6 heteroatoms. The van der Waals surface area contributed by atoms with E-state index in [0.29, 0.717) is 12.6 Å². The lowest BCUT2D eigenvalue weighted by Gasteiger charge is -2.28. The van der Waals surface area contributed by atoms with Gasteiger partial charge in [-0.25, -0.2) is 4.99 Å².